The van der Waals surface area contributed by atoms with Crippen molar-refractivity contribution < 1.29 is 18.0 Å². The number of carbonyl (C=O) groups is 2. The molecule has 1 aromatic heterocycles. The molecule has 0 spiro atoms. The molecular formula is C22H24N4O4S2. The molecule has 1 fully saturated rings. The van der Waals surface area contributed by atoms with Crippen LogP contribution in [0.3, 0.4) is 0 Å². The summed E-state index contributed by atoms with van der Waals surface area (Å²) in [5.74, 6) is -0.350. The topological polar surface area (TPSA) is 101 Å². The summed E-state index contributed by atoms with van der Waals surface area (Å²) in [5, 5.41) is 3.45. The zero-order valence-corrected chi connectivity index (χ0v) is 19.4. The molecule has 2 heterocycles. The fraction of sp³-hybridized carbons (Fsp3) is 0.318. The standard InChI is InChI=1S/C22H24N4O4S2/c1-25-17-10-5-3-8-15(17)24-22(25)31-14-20(27)26-13-7-11-18(26)21(28)23-16-9-4-6-12-19(16)32(2,29)30/h3-6,8-10,12,18H,7,11,13-14H2,1-2H3,(H,23,28)/t18-/m0/s1. The number of likely N-dealkylation sites (tertiary alicyclic amines) is 1. The summed E-state index contributed by atoms with van der Waals surface area (Å²) in [6.07, 6.45) is 2.35. The molecule has 1 saturated heterocycles. The molecule has 1 N–H and O–H groups in total. The Morgan fingerprint density at radius 1 is 1.16 bits per heavy atom. The molecule has 1 aliphatic rings. The largest absolute Gasteiger partial charge is 0.330 e. The maximum Gasteiger partial charge on any atom is 0.247 e. The zero-order valence-electron chi connectivity index (χ0n) is 17.8. The number of benzene rings is 2. The third-order valence-corrected chi connectivity index (χ3v) is 7.66. The summed E-state index contributed by atoms with van der Waals surface area (Å²) in [5.41, 5.74) is 2.09. The molecule has 32 heavy (non-hydrogen) atoms. The van der Waals surface area contributed by atoms with Crippen LogP contribution in [0.2, 0.25) is 0 Å². The second-order valence-electron chi connectivity index (χ2n) is 7.73. The highest BCUT2D eigenvalue weighted by atomic mass is 32.2. The van der Waals surface area contributed by atoms with Gasteiger partial charge in [-0.2, -0.15) is 0 Å². The fourth-order valence-electron chi connectivity index (χ4n) is 3.91. The monoisotopic (exact) mass is 472 g/mol. The summed E-state index contributed by atoms with van der Waals surface area (Å²) >= 11 is 1.34. The van der Waals surface area contributed by atoms with Crippen LogP contribution >= 0.6 is 11.8 Å². The average Bonchev–Trinajstić information content (AvgIpc) is 3.37. The summed E-state index contributed by atoms with van der Waals surface area (Å²) < 4.78 is 26.0. The van der Waals surface area contributed by atoms with Gasteiger partial charge in [-0.15, -0.1) is 0 Å². The van der Waals surface area contributed by atoms with Crippen molar-refractivity contribution in [2.24, 2.45) is 7.05 Å². The maximum atomic E-state index is 12.9. The predicted octanol–water partition coefficient (Wildman–Crippen LogP) is 2.70. The molecule has 0 aliphatic carbocycles. The number of para-hydroxylation sites is 3. The Morgan fingerprint density at radius 3 is 2.62 bits per heavy atom. The Kier molecular flexibility index (Phi) is 6.25. The van der Waals surface area contributed by atoms with E-state index >= 15 is 0 Å². The van der Waals surface area contributed by atoms with E-state index in [-0.39, 0.29) is 28.2 Å². The highest BCUT2D eigenvalue weighted by molar-refractivity contribution is 7.99. The summed E-state index contributed by atoms with van der Waals surface area (Å²) in [7, 11) is -1.58. The van der Waals surface area contributed by atoms with E-state index in [1.807, 2.05) is 35.9 Å². The molecule has 168 valence electrons. The number of imidazole rings is 1. The van der Waals surface area contributed by atoms with E-state index < -0.39 is 15.9 Å². The van der Waals surface area contributed by atoms with Crippen molar-refractivity contribution in [2.75, 3.05) is 23.9 Å². The molecule has 0 radical (unpaired) electrons. The highest BCUT2D eigenvalue weighted by Gasteiger charge is 2.34. The molecular weight excluding hydrogens is 448 g/mol. The minimum absolute atomic E-state index is 0.0571. The molecule has 1 aliphatic heterocycles. The van der Waals surface area contributed by atoms with Gasteiger partial charge in [0.25, 0.3) is 0 Å². The van der Waals surface area contributed by atoms with Gasteiger partial charge < -0.3 is 14.8 Å². The zero-order chi connectivity index (χ0) is 22.9. The lowest BCUT2D eigenvalue weighted by Gasteiger charge is -2.24. The van der Waals surface area contributed by atoms with E-state index in [1.54, 1.807) is 23.1 Å². The maximum absolute atomic E-state index is 12.9. The first kappa shape index (κ1) is 22.3. The van der Waals surface area contributed by atoms with Gasteiger partial charge in [0.1, 0.15) is 6.04 Å². The van der Waals surface area contributed by atoms with Gasteiger partial charge in [-0.25, -0.2) is 13.4 Å². The van der Waals surface area contributed by atoms with E-state index in [2.05, 4.69) is 10.3 Å². The molecule has 0 saturated carbocycles. The van der Waals surface area contributed by atoms with Gasteiger partial charge in [-0.05, 0) is 37.1 Å². The van der Waals surface area contributed by atoms with Gasteiger partial charge in [0.2, 0.25) is 11.8 Å². The number of aromatic nitrogens is 2. The van der Waals surface area contributed by atoms with Gasteiger partial charge in [0.05, 0.1) is 27.4 Å². The lowest BCUT2D eigenvalue weighted by Crippen LogP contribution is -2.44. The Morgan fingerprint density at radius 2 is 1.88 bits per heavy atom. The number of hydrogen-bond acceptors (Lipinski definition) is 6. The van der Waals surface area contributed by atoms with Gasteiger partial charge in [-0.3, -0.25) is 9.59 Å². The summed E-state index contributed by atoms with van der Waals surface area (Å²) in [4.78, 5) is 32.1. The number of hydrogen-bond donors (Lipinski definition) is 1. The molecule has 4 rings (SSSR count). The minimum atomic E-state index is -3.49. The van der Waals surface area contributed by atoms with Crippen LogP contribution in [-0.4, -0.2) is 59.3 Å². The van der Waals surface area contributed by atoms with Gasteiger partial charge in [0, 0.05) is 19.8 Å². The van der Waals surface area contributed by atoms with Crippen LogP contribution in [0.15, 0.2) is 58.6 Å². The Labute approximate surface area is 190 Å². The summed E-state index contributed by atoms with van der Waals surface area (Å²) in [6, 6.07) is 13.4. The SMILES string of the molecule is Cn1c(SCC(=O)N2CCC[C@H]2C(=O)Nc2ccccc2S(C)(=O)=O)nc2ccccc21. The van der Waals surface area contributed by atoms with Crippen LogP contribution in [-0.2, 0) is 26.5 Å². The Balaban J connectivity index is 1.44. The highest BCUT2D eigenvalue weighted by Crippen LogP contribution is 2.26. The lowest BCUT2D eigenvalue weighted by molar-refractivity contribution is -0.134. The van der Waals surface area contributed by atoms with E-state index in [4.69, 9.17) is 0 Å². The number of amides is 2. The number of thioether (sulfide) groups is 1. The molecule has 1 atom stereocenters. The van der Waals surface area contributed by atoms with Crippen LogP contribution in [0, 0.1) is 0 Å². The van der Waals surface area contributed by atoms with E-state index in [0.29, 0.717) is 19.4 Å². The first-order valence-corrected chi connectivity index (χ1v) is 13.1. The van der Waals surface area contributed by atoms with Crippen molar-refractivity contribution >= 4 is 50.1 Å². The number of nitrogens with one attached hydrogen (secondary N) is 1. The summed E-state index contributed by atoms with van der Waals surface area (Å²) in [6.45, 7) is 0.494. The van der Waals surface area contributed by atoms with Crippen molar-refractivity contribution in [3.8, 4) is 0 Å². The number of fused-ring (bicyclic) bond motifs is 1. The number of carbonyl (C=O) groups excluding carboxylic acids is 2. The molecule has 10 heteroatoms. The van der Waals surface area contributed by atoms with Crippen LogP contribution in [0.4, 0.5) is 5.69 Å². The fourth-order valence-corrected chi connectivity index (χ4v) is 5.63. The van der Waals surface area contributed by atoms with Crippen LogP contribution in [0.25, 0.3) is 11.0 Å². The Hall–Kier alpha value is -2.85. The van der Waals surface area contributed by atoms with Crippen LogP contribution < -0.4 is 5.32 Å². The number of nitrogens with zero attached hydrogens (tertiary/aromatic N) is 3. The minimum Gasteiger partial charge on any atom is -0.330 e. The predicted molar refractivity (Wildman–Crippen MR) is 124 cm³/mol. The normalized spacial score (nSPS) is 16.4. The van der Waals surface area contributed by atoms with E-state index in [9.17, 15) is 18.0 Å². The molecule has 2 aromatic carbocycles. The molecule has 3 aromatic rings. The van der Waals surface area contributed by atoms with Gasteiger partial charge in [0.15, 0.2) is 15.0 Å². The third kappa shape index (κ3) is 4.51. The molecule has 0 bridgehead atoms. The number of anilines is 1. The van der Waals surface area contributed by atoms with Crippen LogP contribution in [0.5, 0.6) is 0 Å². The van der Waals surface area contributed by atoms with Crippen molar-refractivity contribution in [1.82, 2.24) is 14.5 Å². The second kappa shape index (κ2) is 8.95. The van der Waals surface area contributed by atoms with Crippen molar-refractivity contribution in [1.29, 1.82) is 0 Å². The average molecular weight is 473 g/mol. The second-order valence-corrected chi connectivity index (χ2v) is 10.7. The third-order valence-electron chi connectivity index (χ3n) is 5.49. The quantitative estimate of drug-likeness (QED) is 0.554. The molecule has 2 amide bonds. The van der Waals surface area contributed by atoms with Crippen LogP contribution in [0.1, 0.15) is 12.8 Å². The van der Waals surface area contributed by atoms with Gasteiger partial charge >= 0.3 is 0 Å². The van der Waals surface area contributed by atoms with Crippen molar-refractivity contribution in [3.05, 3.63) is 48.5 Å². The van der Waals surface area contributed by atoms with Gasteiger partial charge in [-0.1, -0.05) is 36.0 Å². The number of sulfone groups is 1. The van der Waals surface area contributed by atoms with E-state index in [1.165, 1.54) is 17.8 Å². The smallest absolute Gasteiger partial charge is 0.247 e. The Bertz CT molecular complexity index is 1290. The first-order valence-electron chi connectivity index (χ1n) is 10.2. The first-order chi connectivity index (χ1) is 15.3. The molecule has 0 unspecified atom stereocenters. The number of aryl methyl sites for hydroxylation is 1. The van der Waals surface area contributed by atoms with Crippen molar-refractivity contribution in [2.45, 2.75) is 28.9 Å². The van der Waals surface area contributed by atoms with E-state index in [0.717, 1.165) is 22.4 Å². The lowest BCUT2D eigenvalue weighted by atomic mass is 10.2. The number of rotatable bonds is 6. The van der Waals surface area contributed by atoms with Crippen molar-refractivity contribution in [3.63, 3.8) is 0 Å². The molecule has 8 nitrogen and oxygen atoms in total.